The number of hydrogen-bond acceptors (Lipinski definition) is 6. The van der Waals surface area contributed by atoms with Gasteiger partial charge in [0.05, 0.1) is 30.8 Å². The second-order valence-electron chi connectivity index (χ2n) is 4.28. The van der Waals surface area contributed by atoms with Gasteiger partial charge in [0.15, 0.2) is 0 Å². The highest BCUT2D eigenvalue weighted by Gasteiger charge is 2.11. The second kappa shape index (κ2) is 6.03. The summed E-state index contributed by atoms with van der Waals surface area (Å²) in [6, 6.07) is 8.85. The van der Waals surface area contributed by atoms with Gasteiger partial charge in [0, 0.05) is 11.6 Å². The molecule has 0 aliphatic heterocycles. The van der Waals surface area contributed by atoms with Crippen LogP contribution in [-0.2, 0) is 0 Å². The van der Waals surface area contributed by atoms with E-state index in [1.807, 2.05) is 12.1 Å². The van der Waals surface area contributed by atoms with Crippen LogP contribution in [0.2, 0.25) is 5.02 Å². The SMILES string of the molecule is COc1cc(OC)nc(Oc2ccnc3c(Cl)cccc23)n1. The molecule has 0 amide bonds. The summed E-state index contributed by atoms with van der Waals surface area (Å²) < 4.78 is 15.9. The van der Waals surface area contributed by atoms with Crippen LogP contribution >= 0.6 is 11.6 Å². The smallest absolute Gasteiger partial charge is 0.328 e. The molecule has 0 unspecified atom stereocenters. The lowest BCUT2D eigenvalue weighted by molar-refractivity contribution is 0.349. The van der Waals surface area contributed by atoms with Gasteiger partial charge in [-0.1, -0.05) is 17.7 Å². The molecule has 7 heteroatoms. The molecular formula is C15H12ClN3O3. The van der Waals surface area contributed by atoms with Crippen molar-refractivity contribution in [3.63, 3.8) is 0 Å². The van der Waals surface area contributed by atoms with Crippen molar-refractivity contribution in [2.75, 3.05) is 14.2 Å². The number of halogens is 1. The zero-order valence-electron chi connectivity index (χ0n) is 11.9. The predicted octanol–water partition coefficient (Wildman–Crippen LogP) is 3.49. The van der Waals surface area contributed by atoms with Crippen molar-refractivity contribution in [2.45, 2.75) is 0 Å². The fourth-order valence-electron chi connectivity index (χ4n) is 1.94. The van der Waals surface area contributed by atoms with Crippen LogP contribution in [-0.4, -0.2) is 29.2 Å². The second-order valence-corrected chi connectivity index (χ2v) is 4.69. The lowest BCUT2D eigenvalue weighted by Gasteiger charge is -2.09. The van der Waals surface area contributed by atoms with E-state index < -0.39 is 0 Å². The number of nitrogens with zero attached hydrogens (tertiary/aromatic N) is 3. The third kappa shape index (κ3) is 2.73. The van der Waals surface area contributed by atoms with Crippen molar-refractivity contribution in [2.24, 2.45) is 0 Å². The van der Waals surface area contributed by atoms with Crippen molar-refractivity contribution in [3.8, 4) is 23.5 Å². The van der Waals surface area contributed by atoms with Crippen LogP contribution < -0.4 is 14.2 Å². The first-order valence-electron chi connectivity index (χ1n) is 6.39. The third-order valence-corrected chi connectivity index (χ3v) is 3.26. The first kappa shape index (κ1) is 14.3. The zero-order valence-corrected chi connectivity index (χ0v) is 12.7. The summed E-state index contributed by atoms with van der Waals surface area (Å²) in [6.45, 7) is 0. The van der Waals surface area contributed by atoms with Crippen molar-refractivity contribution < 1.29 is 14.2 Å². The zero-order chi connectivity index (χ0) is 15.5. The molecule has 0 saturated heterocycles. The van der Waals surface area contributed by atoms with Crippen molar-refractivity contribution in [3.05, 3.63) is 41.6 Å². The Hall–Kier alpha value is -2.60. The number of benzene rings is 1. The van der Waals surface area contributed by atoms with Crippen LogP contribution in [0, 0.1) is 0 Å². The van der Waals surface area contributed by atoms with E-state index in [1.165, 1.54) is 14.2 Å². The molecule has 0 radical (unpaired) electrons. The summed E-state index contributed by atoms with van der Waals surface area (Å²) in [6.07, 6.45) is 1.61. The van der Waals surface area contributed by atoms with Crippen molar-refractivity contribution in [1.82, 2.24) is 15.0 Å². The van der Waals surface area contributed by atoms with Gasteiger partial charge in [0.1, 0.15) is 5.75 Å². The van der Waals surface area contributed by atoms with Crippen LogP contribution in [0.25, 0.3) is 10.9 Å². The van der Waals surface area contributed by atoms with Gasteiger partial charge in [0.25, 0.3) is 0 Å². The van der Waals surface area contributed by atoms with E-state index in [9.17, 15) is 0 Å². The lowest BCUT2D eigenvalue weighted by Crippen LogP contribution is -1.98. The first-order chi connectivity index (χ1) is 10.7. The predicted molar refractivity (Wildman–Crippen MR) is 82.0 cm³/mol. The van der Waals surface area contributed by atoms with E-state index in [4.69, 9.17) is 25.8 Å². The van der Waals surface area contributed by atoms with Crippen LogP contribution in [0.3, 0.4) is 0 Å². The van der Waals surface area contributed by atoms with Crippen LogP contribution in [0.15, 0.2) is 36.5 Å². The van der Waals surface area contributed by atoms with Crippen LogP contribution in [0.4, 0.5) is 0 Å². The molecular weight excluding hydrogens is 306 g/mol. The monoisotopic (exact) mass is 317 g/mol. The van der Waals surface area contributed by atoms with Gasteiger partial charge in [0.2, 0.25) is 11.8 Å². The largest absolute Gasteiger partial charge is 0.481 e. The molecule has 0 saturated carbocycles. The normalized spacial score (nSPS) is 10.5. The maximum atomic E-state index is 6.14. The minimum atomic E-state index is 0.115. The molecule has 6 nitrogen and oxygen atoms in total. The summed E-state index contributed by atoms with van der Waals surface area (Å²) in [5.74, 6) is 1.24. The molecule has 0 N–H and O–H groups in total. The fraction of sp³-hybridized carbons (Fsp3) is 0.133. The van der Waals surface area contributed by atoms with E-state index in [2.05, 4.69) is 15.0 Å². The Bertz CT molecular complexity index is 804. The quantitative estimate of drug-likeness (QED) is 0.734. The molecule has 3 aromatic rings. The van der Waals surface area contributed by atoms with Crippen molar-refractivity contribution in [1.29, 1.82) is 0 Å². The number of rotatable bonds is 4. The fourth-order valence-corrected chi connectivity index (χ4v) is 2.16. The summed E-state index contributed by atoms with van der Waals surface area (Å²) in [4.78, 5) is 12.5. The number of fused-ring (bicyclic) bond motifs is 1. The van der Waals surface area contributed by atoms with Gasteiger partial charge in [-0.25, -0.2) is 0 Å². The Morgan fingerprint density at radius 1 is 1.00 bits per heavy atom. The standard InChI is InChI=1S/C15H12ClN3O3/c1-20-12-8-13(21-2)19-15(18-12)22-11-6-7-17-14-9(11)4-3-5-10(14)16/h3-8H,1-2H3. The first-order valence-corrected chi connectivity index (χ1v) is 6.77. The number of aromatic nitrogens is 3. The number of ether oxygens (including phenoxy) is 3. The van der Waals surface area contributed by atoms with Crippen LogP contribution in [0.1, 0.15) is 0 Å². The Morgan fingerprint density at radius 3 is 2.41 bits per heavy atom. The van der Waals surface area contributed by atoms with E-state index in [1.54, 1.807) is 24.4 Å². The summed E-state index contributed by atoms with van der Waals surface area (Å²) in [5.41, 5.74) is 0.650. The molecule has 22 heavy (non-hydrogen) atoms. The highest BCUT2D eigenvalue weighted by molar-refractivity contribution is 6.35. The third-order valence-electron chi connectivity index (χ3n) is 2.96. The Balaban J connectivity index is 2.05. The van der Waals surface area contributed by atoms with Gasteiger partial charge in [-0.05, 0) is 18.2 Å². The van der Waals surface area contributed by atoms with Gasteiger partial charge < -0.3 is 14.2 Å². The molecule has 0 aliphatic rings. The molecule has 0 fully saturated rings. The summed E-state index contributed by atoms with van der Waals surface area (Å²) >= 11 is 6.14. The molecule has 0 atom stereocenters. The topological polar surface area (TPSA) is 66.4 Å². The maximum Gasteiger partial charge on any atom is 0.328 e. The Morgan fingerprint density at radius 2 is 1.73 bits per heavy atom. The van der Waals surface area contributed by atoms with Gasteiger partial charge in [-0.15, -0.1) is 0 Å². The minimum absolute atomic E-state index is 0.115. The summed E-state index contributed by atoms with van der Waals surface area (Å²) in [7, 11) is 3.01. The highest BCUT2D eigenvalue weighted by atomic mass is 35.5. The number of para-hydroxylation sites is 1. The van der Waals surface area contributed by atoms with Crippen LogP contribution in [0.5, 0.6) is 23.5 Å². The maximum absolute atomic E-state index is 6.14. The Kier molecular flexibility index (Phi) is 3.93. The van der Waals surface area contributed by atoms with E-state index in [0.29, 0.717) is 28.0 Å². The average molecular weight is 318 g/mol. The van der Waals surface area contributed by atoms with E-state index in [0.717, 1.165) is 5.39 Å². The van der Waals surface area contributed by atoms with Gasteiger partial charge in [-0.3, -0.25) is 4.98 Å². The molecule has 0 spiro atoms. The molecule has 2 aromatic heterocycles. The lowest BCUT2D eigenvalue weighted by atomic mass is 10.2. The number of hydrogen-bond donors (Lipinski definition) is 0. The van der Waals surface area contributed by atoms with E-state index in [-0.39, 0.29) is 6.01 Å². The summed E-state index contributed by atoms with van der Waals surface area (Å²) in [5, 5.41) is 1.31. The minimum Gasteiger partial charge on any atom is -0.481 e. The molecule has 112 valence electrons. The van der Waals surface area contributed by atoms with Gasteiger partial charge in [-0.2, -0.15) is 9.97 Å². The van der Waals surface area contributed by atoms with Gasteiger partial charge >= 0.3 is 6.01 Å². The van der Waals surface area contributed by atoms with E-state index >= 15 is 0 Å². The number of pyridine rings is 1. The Labute approximate surface area is 131 Å². The average Bonchev–Trinajstić information content (AvgIpc) is 2.55. The molecule has 0 bridgehead atoms. The number of methoxy groups -OCH3 is 2. The van der Waals surface area contributed by atoms with Crippen molar-refractivity contribution >= 4 is 22.5 Å². The highest BCUT2D eigenvalue weighted by Crippen LogP contribution is 2.31. The molecule has 0 aliphatic carbocycles. The molecule has 2 heterocycles. The molecule has 3 rings (SSSR count). The molecule has 1 aromatic carbocycles.